The molecule has 3 aromatic carbocycles. The molecule has 0 bridgehead atoms. The zero-order valence-corrected chi connectivity index (χ0v) is 18.4. The van der Waals surface area contributed by atoms with Crippen molar-refractivity contribution >= 4 is 45.0 Å². The van der Waals surface area contributed by atoms with Crippen LogP contribution >= 0.6 is 23.2 Å². The molecule has 0 saturated carbocycles. The number of nitrogens with one attached hydrogen (secondary N) is 1. The van der Waals surface area contributed by atoms with E-state index in [-0.39, 0.29) is 32.6 Å². The summed E-state index contributed by atoms with van der Waals surface area (Å²) in [5, 5.41) is 0.192. The molecule has 3 rings (SSSR count). The molecule has 1 N–H and O–H groups in total. The molecule has 0 spiro atoms. The molecule has 9 heteroatoms. The molecule has 0 saturated heterocycles. The molecule has 160 valence electrons. The number of ketones is 1. The standard InChI is InChI=1S/C22H17Cl2NO5S/c23-18-9-5-4-8-17(18)20(26)14-30-22(27)16-10-11-19(24)21(12-16)31(28,29)25-13-15-6-2-1-3-7-15/h1-12,25H,13-14H2. The monoisotopic (exact) mass is 477 g/mol. The summed E-state index contributed by atoms with van der Waals surface area (Å²) in [7, 11) is -4.00. The molecule has 31 heavy (non-hydrogen) atoms. The van der Waals surface area contributed by atoms with Gasteiger partial charge < -0.3 is 4.74 Å². The molecule has 3 aromatic rings. The van der Waals surface area contributed by atoms with Gasteiger partial charge in [-0.3, -0.25) is 4.79 Å². The van der Waals surface area contributed by atoms with Crippen molar-refractivity contribution in [2.45, 2.75) is 11.4 Å². The third kappa shape index (κ3) is 5.92. The summed E-state index contributed by atoms with van der Waals surface area (Å²) in [6, 6.07) is 19.0. The van der Waals surface area contributed by atoms with E-state index < -0.39 is 28.4 Å². The third-order valence-electron chi connectivity index (χ3n) is 4.27. The van der Waals surface area contributed by atoms with Crippen molar-refractivity contribution in [3.63, 3.8) is 0 Å². The predicted octanol–water partition coefficient (Wildman–Crippen LogP) is 4.51. The van der Waals surface area contributed by atoms with Crippen molar-refractivity contribution in [3.8, 4) is 0 Å². The van der Waals surface area contributed by atoms with Gasteiger partial charge in [-0.25, -0.2) is 17.9 Å². The maximum Gasteiger partial charge on any atom is 0.338 e. The van der Waals surface area contributed by atoms with Gasteiger partial charge in [0.1, 0.15) is 4.90 Å². The molecule has 0 radical (unpaired) electrons. The molecule has 6 nitrogen and oxygen atoms in total. The van der Waals surface area contributed by atoms with Crippen molar-refractivity contribution in [2.75, 3.05) is 6.61 Å². The second kappa shape index (κ2) is 10.1. The number of Topliss-reactive ketones (excluding diaryl/α,β-unsaturated/α-hetero) is 1. The van der Waals surface area contributed by atoms with Crippen molar-refractivity contribution in [3.05, 3.63) is 99.5 Å². The van der Waals surface area contributed by atoms with Crippen LogP contribution in [0.3, 0.4) is 0 Å². The highest BCUT2D eigenvalue weighted by atomic mass is 35.5. The Hall–Kier alpha value is -2.71. The Kier molecular flexibility index (Phi) is 7.46. The number of carbonyl (C=O) groups excluding carboxylic acids is 2. The normalized spacial score (nSPS) is 11.2. The lowest BCUT2D eigenvalue weighted by Gasteiger charge is -2.10. The average Bonchev–Trinajstić information content (AvgIpc) is 2.77. The Balaban J connectivity index is 1.71. The van der Waals surface area contributed by atoms with E-state index in [1.807, 2.05) is 6.07 Å². The number of halogens is 2. The fourth-order valence-electron chi connectivity index (χ4n) is 2.67. The van der Waals surface area contributed by atoms with Crippen LogP contribution in [0.4, 0.5) is 0 Å². The number of hydrogen-bond donors (Lipinski definition) is 1. The Labute approximate surface area is 189 Å². The van der Waals surface area contributed by atoms with Crippen molar-refractivity contribution in [1.29, 1.82) is 0 Å². The van der Waals surface area contributed by atoms with Gasteiger partial charge >= 0.3 is 5.97 Å². The summed E-state index contributed by atoms with van der Waals surface area (Å²) in [6.07, 6.45) is 0. The summed E-state index contributed by atoms with van der Waals surface area (Å²) in [5.74, 6) is -1.35. The minimum atomic E-state index is -4.00. The number of esters is 1. The van der Waals surface area contributed by atoms with Gasteiger partial charge in [0.15, 0.2) is 6.61 Å². The van der Waals surface area contributed by atoms with E-state index in [0.29, 0.717) is 0 Å². The Morgan fingerprint density at radius 2 is 1.55 bits per heavy atom. The van der Waals surface area contributed by atoms with Gasteiger partial charge in [-0.2, -0.15) is 0 Å². The second-order valence-electron chi connectivity index (χ2n) is 6.43. The minimum Gasteiger partial charge on any atom is -0.454 e. The topological polar surface area (TPSA) is 89.5 Å². The first kappa shape index (κ1) is 23.0. The summed E-state index contributed by atoms with van der Waals surface area (Å²) in [5.41, 5.74) is 0.925. The lowest BCUT2D eigenvalue weighted by Crippen LogP contribution is -2.24. The maximum absolute atomic E-state index is 12.7. The van der Waals surface area contributed by atoms with Crippen LogP contribution in [0, 0.1) is 0 Å². The van der Waals surface area contributed by atoms with E-state index in [2.05, 4.69) is 4.72 Å². The first-order valence-corrected chi connectivity index (χ1v) is 11.3. The zero-order chi connectivity index (χ0) is 22.4. The van der Waals surface area contributed by atoms with E-state index in [0.717, 1.165) is 11.6 Å². The smallest absolute Gasteiger partial charge is 0.338 e. The van der Waals surface area contributed by atoms with E-state index in [1.165, 1.54) is 18.2 Å². The van der Waals surface area contributed by atoms with Gasteiger partial charge in [0.2, 0.25) is 15.8 Å². The number of benzene rings is 3. The lowest BCUT2D eigenvalue weighted by molar-refractivity contribution is 0.0474. The number of ether oxygens (including phenoxy) is 1. The fraction of sp³-hybridized carbons (Fsp3) is 0.0909. The van der Waals surface area contributed by atoms with Crippen LogP contribution in [-0.4, -0.2) is 26.8 Å². The van der Waals surface area contributed by atoms with Crippen LogP contribution in [0.5, 0.6) is 0 Å². The Morgan fingerprint density at radius 3 is 2.26 bits per heavy atom. The number of rotatable bonds is 8. The largest absolute Gasteiger partial charge is 0.454 e. The number of sulfonamides is 1. The maximum atomic E-state index is 12.7. The lowest BCUT2D eigenvalue weighted by atomic mass is 10.1. The van der Waals surface area contributed by atoms with E-state index >= 15 is 0 Å². The molecule has 0 fully saturated rings. The van der Waals surface area contributed by atoms with Gasteiger partial charge in [0.05, 0.1) is 15.6 Å². The average molecular weight is 478 g/mol. The minimum absolute atomic E-state index is 0.0516. The van der Waals surface area contributed by atoms with Gasteiger partial charge in [-0.05, 0) is 35.9 Å². The molecular formula is C22H17Cl2NO5S. The summed E-state index contributed by atoms with van der Waals surface area (Å²) in [4.78, 5) is 24.3. The molecule has 0 unspecified atom stereocenters. The summed E-state index contributed by atoms with van der Waals surface area (Å²) < 4.78 is 32.8. The summed E-state index contributed by atoms with van der Waals surface area (Å²) >= 11 is 12.0. The summed E-state index contributed by atoms with van der Waals surface area (Å²) in [6.45, 7) is -0.486. The highest BCUT2D eigenvalue weighted by Gasteiger charge is 2.21. The molecule has 0 aliphatic heterocycles. The van der Waals surface area contributed by atoms with Crippen molar-refractivity contribution in [2.24, 2.45) is 0 Å². The second-order valence-corrected chi connectivity index (χ2v) is 8.98. The first-order valence-electron chi connectivity index (χ1n) is 9.06. The number of hydrogen-bond acceptors (Lipinski definition) is 5. The van der Waals surface area contributed by atoms with Crippen LogP contribution in [0.25, 0.3) is 0 Å². The van der Waals surface area contributed by atoms with E-state index in [1.54, 1.807) is 42.5 Å². The van der Waals surface area contributed by atoms with Crippen LogP contribution in [0.1, 0.15) is 26.3 Å². The molecule has 0 heterocycles. The molecule has 0 aliphatic carbocycles. The van der Waals surface area contributed by atoms with E-state index in [4.69, 9.17) is 27.9 Å². The molecule has 0 atom stereocenters. The molecule has 0 amide bonds. The SMILES string of the molecule is O=C(OCC(=O)c1ccccc1Cl)c1ccc(Cl)c(S(=O)(=O)NCc2ccccc2)c1. The highest BCUT2D eigenvalue weighted by Crippen LogP contribution is 2.23. The highest BCUT2D eigenvalue weighted by molar-refractivity contribution is 7.89. The molecule has 0 aromatic heterocycles. The fourth-order valence-corrected chi connectivity index (χ4v) is 4.45. The predicted molar refractivity (Wildman–Crippen MR) is 118 cm³/mol. The first-order chi connectivity index (χ1) is 14.8. The third-order valence-corrected chi connectivity index (χ3v) is 6.49. The van der Waals surface area contributed by atoms with Crippen LogP contribution in [0.2, 0.25) is 10.0 Å². The quantitative estimate of drug-likeness (QED) is 0.380. The Bertz CT molecular complexity index is 1210. The van der Waals surface area contributed by atoms with Gasteiger partial charge in [-0.15, -0.1) is 0 Å². The number of carbonyl (C=O) groups is 2. The van der Waals surface area contributed by atoms with Crippen molar-refractivity contribution in [1.82, 2.24) is 4.72 Å². The van der Waals surface area contributed by atoms with Crippen molar-refractivity contribution < 1.29 is 22.7 Å². The molecule has 0 aliphatic rings. The Morgan fingerprint density at radius 1 is 0.871 bits per heavy atom. The van der Waals surface area contributed by atoms with Gasteiger partial charge in [-0.1, -0.05) is 65.7 Å². The van der Waals surface area contributed by atoms with Crippen LogP contribution < -0.4 is 4.72 Å². The van der Waals surface area contributed by atoms with Crippen LogP contribution in [-0.2, 0) is 21.3 Å². The van der Waals surface area contributed by atoms with Gasteiger partial charge in [0, 0.05) is 12.1 Å². The van der Waals surface area contributed by atoms with Crippen LogP contribution in [0.15, 0.2) is 77.7 Å². The molecular weight excluding hydrogens is 461 g/mol. The van der Waals surface area contributed by atoms with E-state index in [9.17, 15) is 18.0 Å². The van der Waals surface area contributed by atoms with Gasteiger partial charge in [0.25, 0.3) is 0 Å². The zero-order valence-electron chi connectivity index (χ0n) is 16.0.